The number of nitrogens with zero attached hydrogens (tertiary/aromatic N) is 1. The number of ether oxygens (including phenoxy) is 2. The van der Waals surface area contributed by atoms with Gasteiger partial charge in [0, 0.05) is 12.1 Å². The summed E-state index contributed by atoms with van der Waals surface area (Å²) in [5.41, 5.74) is 6.27. The normalized spacial score (nSPS) is 15.3. The Morgan fingerprint density at radius 1 is 1.42 bits per heavy atom. The maximum Gasteiger partial charge on any atom is 0.242 e. The summed E-state index contributed by atoms with van der Waals surface area (Å²) in [6.45, 7) is 2.71. The Hall–Kier alpha value is -1.86. The van der Waals surface area contributed by atoms with Crippen molar-refractivity contribution in [1.29, 1.82) is 0 Å². The van der Waals surface area contributed by atoms with E-state index in [2.05, 4.69) is 10.3 Å². The van der Waals surface area contributed by atoms with Crippen molar-refractivity contribution in [3.8, 4) is 11.5 Å². The summed E-state index contributed by atoms with van der Waals surface area (Å²) < 4.78 is 11.9. The van der Waals surface area contributed by atoms with E-state index >= 15 is 0 Å². The van der Waals surface area contributed by atoms with E-state index in [1.807, 2.05) is 12.1 Å². The number of anilines is 1. The van der Waals surface area contributed by atoms with Crippen molar-refractivity contribution in [2.45, 2.75) is 13.0 Å². The molecule has 1 aliphatic rings. The van der Waals surface area contributed by atoms with Crippen molar-refractivity contribution in [3.63, 3.8) is 0 Å². The van der Waals surface area contributed by atoms with E-state index in [-0.39, 0.29) is 5.91 Å². The van der Waals surface area contributed by atoms with Crippen molar-refractivity contribution in [2.75, 3.05) is 18.5 Å². The molecule has 0 radical (unpaired) electrons. The van der Waals surface area contributed by atoms with E-state index in [1.165, 1.54) is 11.3 Å². The first-order chi connectivity index (χ1) is 9.13. The highest BCUT2D eigenvalue weighted by Crippen LogP contribution is 2.37. The van der Waals surface area contributed by atoms with Crippen molar-refractivity contribution < 1.29 is 14.3 Å². The summed E-state index contributed by atoms with van der Waals surface area (Å²) in [6.07, 6.45) is 0. The predicted octanol–water partition coefficient (Wildman–Crippen LogP) is 1.35. The number of hydrogen-bond acceptors (Lipinski definition) is 6. The average Bonchev–Trinajstić information content (AvgIpc) is 2.76. The number of carbonyl (C=O) groups excluding carboxylic acids is 1. The minimum absolute atomic E-state index is 0.253. The first-order valence-corrected chi connectivity index (χ1v) is 6.72. The zero-order valence-electron chi connectivity index (χ0n) is 10.3. The predicted molar refractivity (Wildman–Crippen MR) is 72.9 cm³/mol. The SMILES string of the molecule is CC(N)C(=O)Nc1nc2cc3c(cc2s1)OCCO3. The van der Waals surface area contributed by atoms with Gasteiger partial charge in [-0.25, -0.2) is 4.98 Å². The second-order valence-electron chi connectivity index (χ2n) is 4.26. The summed E-state index contributed by atoms with van der Waals surface area (Å²) >= 11 is 1.38. The van der Waals surface area contributed by atoms with Gasteiger partial charge >= 0.3 is 0 Å². The fourth-order valence-corrected chi connectivity index (χ4v) is 2.62. The number of carbonyl (C=O) groups is 1. The van der Waals surface area contributed by atoms with Gasteiger partial charge in [0.15, 0.2) is 16.6 Å². The fraction of sp³-hybridized carbons (Fsp3) is 0.333. The molecule has 19 heavy (non-hydrogen) atoms. The van der Waals surface area contributed by atoms with Crippen LogP contribution >= 0.6 is 11.3 Å². The van der Waals surface area contributed by atoms with E-state index in [9.17, 15) is 4.79 Å². The molecule has 1 unspecified atom stereocenters. The quantitative estimate of drug-likeness (QED) is 0.866. The summed E-state index contributed by atoms with van der Waals surface area (Å²) in [4.78, 5) is 15.9. The number of amides is 1. The first kappa shape index (κ1) is 12.2. The third-order valence-corrected chi connectivity index (χ3v) is 3.63. The Morgan fingerprint density at radius 3 is 2.79 bits per heavy atom. The molecule has 1 amide bonds. The number of nitrogens with two attached hydrogens (primary N) is 1. The Labute approximate surface area is 113 Å². The summed E-state index contributed by atoms with van der Waals surface area (Å²) in [5.74, 6) is 1.15. The van der Waals surface area contributed by atoms with E-state index in [0.29, 0.717) is 29.8 Å². The van der Waals surface area contributed by atoms with Gasteiger partial charge in [0.25, 0.3) is 0 Å². The third-order valence-electron chi connectivity index (χ3n) is 2.70. The molecule has 0 saturated carbocycles. The third kappa shape index (κ3) is 2.34. The van der Waals surface area contributed by atoms with E-state index < -0.39 is 6.04 Å². The van der Waals surface area contributed by atoms with Gasteiger partial charge in [-0.15, -0.1) is 0 Å². The van der Waals surface area contributed by atoms with Crippen LogP contribution in [-0.2, 0) is 4.79 Å². The van der Waals surface area contributed by atoms with Gasteiger partial charge < -0.3 is 20.5 Å². The molecule has 7 heteroatoms. The average molecular weight is 279 g/mol. The standard InChI is InChI=1S/C12H13N3O3S/c1-6(13)11(16)15-12-14-7-4-8-9(5-10(7)19-12)18-3-2-17-8/h4-6H,2-3,13H2,1H3,(H,14,15,16). The van der Waals surface area contributed by atoms with Crippen molar-refractivity contribution >= 4 is 32.6 Å². The number of rotatable bonds is 2. The smallest absolute Gasteiger partial charge is 0.242 e. The van der Waals surface area contributed by atoms with Gasteiger partial charge in [-0.1, -0.05) is 11.3 Å². The Kier molecular flexibility index (Phi) is 3.00. The minimum Gasteiger partial charge on any atom is -0.486 e. The second-order valence-corrected chi connectivity index (χ2v) is 5.29. The van der Waals surface area contributed by atoms with Crippen LogP contribution in [-0.4, -0.2) is 30.1 Å². The van der Waals surface area contributed by atoms with Crippen molar-refractivity contribution in [3.05, 3.63) is 12.1 Å². The molecule has 0 saturated heterocycles. The van der Waals surface area contributed by atoms with Crippen LogP contribution in [0.15, 0.2) is 12.1 Å². The number of fused-ring (bicyclic) bond motifs is 2. The molecule has 0 spiro atoms. The van der Waals surface area contributed by atoms with Crippen LogP contribution in [0.1, 0.15) is 6.92 Å². The van der Waals surface area contributed by atoms with Gasteiger partial charge in [-0.05, 0) is 6.92 Å². The van der Waals surface area contributed by atoms with Gasteiger partial charge in [0.2, 0.25) is 5.91 Å². The van der Waals surface area contributed by atoms with E-state index in [1.54, 1.807) is 6.92 Å². The molecule has 1 atom stereocenters. The summed E-state index contributed by atoms with van der Waals surface area (Å²) in [6, 6.07) is 3.14. The van der Waals surface area contributed by atoms with Crippen LogP contribution in [0, 0.1) is 0 Å². The van der Waals surface area contributed by atoms with Crippen molar-refractivity contribution in [2.24, 2.45) is 5.73 Å². The van der Waals surface area contributed by atoms with Crippen LogP contribution in [0.4, 0.5) is 5.13 Å². The highest BCUT2D eigenvalue weighted by Gasteiger charge is 2.16. The van der Waals surface area contributed by atoms with Crippen molar-refractivity contribution in [1.82, 2.24) is 4.98 Å². The van der Waals surface area contributed by atoms with Gasteiger partial charge in [0.1, 0.15) is 13.2 Å². The molecule has 3 N–H and O–H groups in total. The molecule has 0 aliphatic carbocycles. The zero-order valence-corrected chi connectivity index (χ0v) is 11.1. The van der Waals surface area contributed by atoms with Crippen LogP contribution < -0.4 is 20.5 Å². The van der Waals surface area contributed by atoms with E-state index in [0.717, 1.165) is 10.2 Å². The lowest BCUT2D eigenvalue weighted by molar-refractivity contribution is -0.117. The van der Waals surface area contributed by atoms with Gasteiger partial charge in [0.05, 0.1) is 16.3 Å². The molecule has 3 rings (SSSR count). The number of nitrogens with one attached hydrogen (secondary N) is 1. The molecule has 6 nitrogen and oxygen atoms in total. The maximum absolute atomic E-state index is 11.5. The highest BCUT2D eigenvalue weighted by atomic mass is 32.1. The van der Waals surface area contributed by atoms with Crippen LogP contribution in [0.3, 0.4) is 0 Å². The van der Waals surface area contributed by atoms with Gasteiger partial charge in [-0.3, -0.25) is 4.79 Å². The zero-order chi connectivity index (χ0) is 13.4. The topological polar surface area (TPSA) is 86.5 Å². The van der Waals surface area contributed by atoms with Crippen LogP contribution in [0.25, 0.3) is 10.2 Å². The molecule has 1 aliphatic heterocycles. The number of aromatic nitrogens is 1. The molecular formula is C12H13N3O3S. The lowest BCUT2D eigenvalue weighted by Gasteiger charge is -2.17. The fourth-order valence-electron chi connectivity index (χ4n) is 1.74. The van der Waals surface area contributed by atoms with E-state index in [4.69, 9.17) is 15.2 Å². The monoisotopic (exact) mass is 279 g/mol. The summed E-state index contributed by atoms with van der Waals surface area (Å²) in [7, 11) is 0. The molecular weight excluding hydrogens is 266 g/mol. The van der Waals surface area contributed by atoms with Gasteiger partial charge in [-0.2, -0.15) is 0 Å². The Balaban J connectivity index is 1.94. The Morgan fingerprint density at radius 2 is 2.11 bits per heavy atom. The number of benzene rings is 1. The Bertz CT molecular complexity index is 595. The molecule has 2 aromatic rings. The minimum atomic E-state index is -0.563. The largest absolute Gasteiger partial charge is 0.486 e. The number of thiazole rings is 1. The molecule has 0 fully saturated rings. The first-order valence-electron chi connectivity index (χ1n) is 5.90. The molecule has 0 bridgehead atoms. The molecule has 1 aromatic heterocycles. The second kappa shape index (κ2) is 4.67. The maximum atomic E-state index is 11.5. The lowest BCUT2D eigenvalue weighted by Crippen LogP contribution is -2.32. The molecule has 1 aromatic carbocycles. The summed E-state index contributed by atoms with van der Waals surface area (Å²) in [5, 5.41) is 3.21. The lowest BCUT2D eigenvalue weighted by atomic mass is 10.3. The highest BCUT2D eigenvalue weighted by molar-refractivity contribution is 7.22. The molecule has 100 valence electrons. The van der Waals surface area contributed by atoms with Crippen LogP contribution in [0.2, 0.25) is 0 Å². The number of hydrogen-bond donors (Lipinski definition) is 2. The molecule has 2 heterocycles. The van der Waals surface area contributed by atoms with Crippen LogP contribution in [0.5, 0.6) is 11.5 Å².